The van der Waals surface area contributed by atoms with Crippen molar-refractivity contribution in [3.63, 3.8) is 0 Å². The second-order valence-electron chi connectivity index (χ2n) is 4.37. The van der Waals surface area contributed by atoms with Crippen molar-refractivity contribution in [2.24, 2.45) is 0 Å². The highest BCUT2D eigenvalue weighted by atomic mass is 19.1. The van der Waals surface area contributed by atoms with Crippen molar-refractivity contribution in [3.05, 3.63) is 65.2 Å². The van der Waals surface area contributed by atoms with E-state index < -0.39 is 6.04 Å². The van der Waals surface area contributed by atoms with Gasteiger partial charge in [0.2, 0.25) is 0 Å². The molecule has 0 spiro atoms. The number of hydrogen-bond donors (Lipinski definition) is 2. The van der Waals surface area contributed by atoms with Crippen LogP contribution in [0.15, 0.2) is 42.5 Å². The molecule has 2 aromatic carbocycles. The molecule has 0 aliphatic carbocycles. The number of halogens is 2. The molecule has 2 aromatic rings. The van der Waals surface area contributed by atoms with Crippen LogP contribution in [0.2, 0.25) is 0 Å². The van der Waals surface area contributed by atoms with Crippen LogP contribution < -0.4 is 5.32 Å². The van der Waals surface area contributed by atoms with Crippen molar-refractivity contribution >= 4 is 5.69 Å². The van der Waals surface area contributed by atoms with Crippen LogP contribution in [0.4, 0.5) is 14.5 Å². The average Bonchev–Trinajstić information content (AvgIpc) is 2.41. The van der Waals surface area contributed by atoms with Crippen molar-refractivity contribution in [2.75, 3.05) is 11.9 Å². The number of aliphatic hydroxyl groups excluding tert-OH is 1. The molecule has 0 saturated heterocycles. The van der Waals surface area contributed by atoms with Crippen molar-refractivity contribution in [1.82, 2.24) is 0 Å². The summed E-state index contributed by atoms with van der Waals surface area (Å²) >= 11 is 0. The van der Waals surface area contributed by atoms with Crippen LogP contribution in [-0.2, 0) is 0 Å². The molecular weight excluding hydrogens is 248 g/mol. The van der Waals surface area contributed by atoms with Gasteiger partial charge in [0, 0.05) is 0 Å². The number of nitrogens with one attached hydrogen (secondary N) is 1. The van der Waals surface area contributed by atoms with Gasteiger partial charge in [-0.1, -0.05) is 24.3 Å². The van der Waals surface area contributed by atoms with Crippen molar-refractivity contribution in [3.8, 4) is 0 Å². The van der Waals surface area contributed by atoms with E-state index in [1.807, 2.05) is 0 Å². The van der Waals surface area contributed by atoms with E-state index in [4.69, 9.17) is 0 Å². The van der Waals surface area contributed by atoms with Crippen LogP contribution in [0.3, 0.4) is 0 Å². The molecule has 0 saturated carbocycles. The summed E-state index contributed by atoms with van der Waals surface area (Å²) in [6, 6.07) is 10.3. The maximum atomic E-state index is 13.5. The van der Waals surface area contributed by atoms with E-state index in [2.05, 4.69) is 5.32 Å². The van der Waals surface area contributed by atoms with E-state index in [0.717, 1.165) is 0 Å². The minimum atomic E-state index is -0.476. The topological polar surface area (TPSA) is 32.3 Å². The van der Waals surface area contributed by atoms with E-state index in [1.54, 1.807) is 37.3 Å². The summed E-state index contributed by atoms with van der Waals surface area (Å²) < 4.78 is 26.8. The molecule has 0 radical (unpaired) electrons. The minimum absolute atomic E-state index is 0.209. The van der Waals surface area contributed by atoms with Crippen LogP contribution in [0.1, 0.15) is 17.2 Å². The summed E-state index contributed by atoms with van der Waals surface area (Å²) in [4.78, 5) is 0. The monoisotopic (exact) mass is 263 g/mol. The highest BCUT2D eigenvalue weighted by Gasteiger charge is 2.13. The van der Waals surface area contributed by atoms with Gasteiger partial charge >= 0.3 is 0 Å². The molecule has 0 aromatic heterocycles. The Morgan fingerprint density at radius 3 is 2.47 bits per heavy atom. The van der Waals surface area contributed by atoms with Gasteiger partial charge in [-0.05, 0) is 36.2 Å². The minimum Gasteiger partial charge on any atom is -0.394 e. The van der Waals surface area contributed by atoms with E-state index in [9.17, 15) is 13.9 Å². The Morgan fingerprint density at radius 2 is 1.84 bits per heavy atom. The van der Waals surface area contributed by atoms with Crippen LogP contribution in [0.25, 0.3) is 0 Å². The van der Waals surface area contributed by atoms with Crippen LogP contribution in [0.5, 0.6) is 0 Å². The second-order valence-corrected chi connectivity index (χ2v) is 4.37. The Hall–Kier alpha value is -1.94. The van der Waals surface area contributed by atoms with Crippen molar-refractivity contribution in [2.45, 2.75) is 13.0 Å². The number of aliphatic hydroxyl groups is 1. The van der Waals surface area contributed by atoms with E-state index in [0.29, 0.717) is 16.8 Å². The largest absolute Gasteiger partial charge is 0.394 e. The van der Waals surface area contributed by atoms with Crippen LogP contribution in [0, 0.1) is 18.6 Å². The number of anilines is 1. The maximum Gasteiger partial charge on any atom is 0.146 e. The van der Waals surface area contributed by atoms with Crippen LogP contribution >= 0.6 is 0 Å². The SMILES string of the molecule is Cc1cc(C(CO)Nc2ccccc2F)ccc1F. The highest BCUT2D eigenvalue weighted by molar-refractivity contribution is 5.47. The number of aryl methyl sites for hydroxylation is 1. The van der Waals surface area contributed by atoms with Gasteiger partial charge in [0.1, 0.15) is 11.6 Å². The number of hydrogen-bond acceptors (Lipinski definition) is 2. The first-order chi connectivity index (χ1) is 9.11. The normalized spacial score (nSPS) is 12.2. The van der Waals surface area contributed by atoms with Crippen molar-refractivity contribution in [1.29, 1.82) is 0 Å². The van der Waals surface area contributed by atoms with Gasteiger partial charge in [0.25, 0.3) is 0 Å². The first kappa shape index (κ1) is 13.5. The van der Waals surface area contributed by atoms with E-state index in [1.165, 1.54) is 12.1 Å². The predicted octanol–water partition coefficient (Wildman–Crippen LogP) is 3.42. The number of rotatable bonds is 4. The Morgan fingerprint density at radius 1 is 1.11 bits per heavy atom. The molecule has 100 valence electrons. The average molecular weight is 263 g/mol. The Balaban J connectivity index is 2.25. The molecule has 0 bridgehead atoms. The Kier molecular flexibility index (Phi) is 4.12. The summed E-state index contributed by atoms with van der Waals surface area (Å²) in [5.41, 5.74) is 1.51. The van der Waals surface area contributed by atoms with Gasteiger partial charge in [0.05, 0.1) is 18.3 Å². The molecule has 1 atom stereocenters. The number of benzene rings is 2. The summed E-state index contributed by atoms with van der Waals surface area (Å²) in [5, 5.41) is 12.3. The zero-order chi connectivity index (χ0) is 13.8. The quantitative estimate of drug-likeness (QED) is 0.886. The Labute approximate surface area is 110 Å². The lowest BCUT2D eigenvalue weighted by molar-refractivity contribution is 0.276. The van der Waals surface area contributed by atoms with E-state index in [-0.39, 0.29) is 18.2 Å². The fraction of sp³-hybridized carbons (Fsp3) is 0.200. The fourth-order valence-corrected chi connectivity index (χ4v) is 1.88. The maximum absolute atomic E-state index is 13.5. The lowest BCUT2D eigenvalue weighted by atomic mass is 10.0. The molecule has 2 nitrogen and oxygen atoms in total. The molecule has 0 aliphatic rings. The third kappa shape index (κ3) is 3.09. The second kappa shape index (κ2) is 5.80. The molecule has 19 heavy (non-hydrogen) atoms. The molecule has 2 rings (SSSR count). The lowest BCUT2D eigenvalue weighted by Gasteiger charge is -2.19. The molecule has 1 unspecified atom stereocenters. The molecular formula is C15H15F2NO. The van der Waals surface area contributed by atoms with Crippen LogP contribution in [-0.4, -0.2) is 11.7 Å². The first-order valence-electron chi connectivity index (χ1n) is 6.00. The third-order valence-electron chi connectivity index (χ3n) is 2.97. The van der Waals surface area contributed by atoms with Crippen molar-refractivity contribution < 1.29 is 13.9 Å². The highest BCUT2D eigenvalue weighted by Crippen LogP contribution is 2.23. The molecule has 0 amide bonds. The molecule has 0 aliphatic heterocycles. The molecule has 4 heteroatoms. The summed E-state index contributed by atoms with van der Waals surface area (Å²) in [6.45, 7) is 1.44. The lowest BCUT2D eigenvalue weighted by Crippen LogP contribution is -2.16. The Bertz CT molecular complexity index is 572. The summed E-state index contributed by atoms with van der Waals surface area (Å²) in [7, 11) is 0. The van der Waals surface area contributed by atoms with Gasteiger partial charge in [0.15, 0.2) is 0 Å². The molecule has 2 N–H and O–H groups in total. The standard InChI is InChI=1S/C15H15F2NO/c1-10-8-11(6-7-12(10)16)15(9-19)18-14-5-3-2-4-13(14)17/h2-8,15,18-19H,9H2,1H3. The predicted molar refractivity (Wildman–Crippen MR) is 71.0 cm³/mol. The smallest absolute Gasteiger partial charge is 0.146 e. The van der Waals surface area contributed by atoms with Gasteiger partial charge in [-0.3, -0.25) is 0 Å². The van der Waals surface area contributed by atoms with Gasteiger partial charge < -0.3 is 10.4 Å². The summed E-state index contributed by atoms with van der Waals surface area (Å²) in [5.74, 6) is -0.689. The molecule has 0 fully saturated rings. The molecule has 0 heterocycles. The first-order valence-corrected chi connectivity index (χ1v) is 6.00. The van der Waals surface area contributed by atoms with Gasteiger partial charge in [-0.25, -0.2) is 8.78 Å². The number of para-hydroxylation sites is 1. The van der Waals surface area contributed by atoms with Gasteiger partial charge in [-0.15, -0.1) is 0 Å². The van der Waals surface area contributed by atoms with E-state index >= 15 is 0 Å². The zero-order valence-corrected chi connectivity index (χ0v) is 10.5. The zero-order valence-electron chi connectivity index (χ0n) is 10.5. The fourth-order valence-electron chi connectivity index (χ4n) is 1.88. The van der Waals surface area contributed by atoms with Gasteiger partial charge in [-0.2, -0.15) is 0 Å². The summed E-state index contributed by atoms with van der Waals surface area (Å²) in [6.07, 6.45) is 0. The third-order valence-corrected chi connectivity index (χ3v) is 2.97.